The van der Waals surface area contributed by atoms with Crippen LogP contribution < -0.4 is 15.8 Å². The molecule has 1 amide bonds. The fraction of sp³-hybridized carbons (Fsp3) is 0.409. The van der Waals surface area contributed by atoms with Crippen LogP contribution in [-0.2, 0) is 5.54 Å². The van der Waals surface area contributed by atoms with Crippen LogP contribution in [0.15, 0.2) is 35.5 Å². The van der Waals surface area contributed by atoms with Gasteiger partial charge in [-0.05, 0) is 43.7 Å². The number of pyridine rings is 1. The van der Waals surface area contributed by atoms with Gasteiger partial charge in [-0.25, -0.2) is 13.8 Å². The molecular weight excluding hydrogens is 454 g/mol. The molecule has 1 aliphatic heterocycles. The van der Waals surface area contributed by atoms with E-state index in [9.17, 15) is 22.7 Å². The van der Waals surface area contributed by atoms with Crippen molar-refractivity contribution in [1.82, 2.24) is 4.98 Å². The van der Waals surface area contributed by atoms with Crippen LogP contribution in [0.2, 0.25) is 0 Å². The van der Waals surface area contributed by atoms with Crippen LogP contribution in [-0.4, -0.2) is 49.6 Å². The van der Waals surface area contributed by atoms with Gasteiger partial charge in [-0.2, -0.15) is 10.6 Å². The molecule has 2 heterocycles. The van der Waals surface area contributed by atoms with E-state index in [0.717, 1.165) is 6.07 Å². The summed E-state index contributed by atoms with van der Waals surface area (Å²) in [6.07, 6.45) is 0.00235. The average Bonchev–Trinajstić information content (AvgIpc) is 2.70. The van der Waals surface area contributed by atoms with Crippen molar-refractivity contribution in [3.63, 3.8) is 0 Å². The second kappa shape index (κ2) is 7.93. The van der Waals surface area contributed by atoms with Crippen LogP contribution in [0.3, 0.4) is 0 Å². The minimum Gasteiger partial charge on any atom is -0.495 e. The number of aromatic nitrogens is 1. The van der Waals surface area contributed by atoms with Gasteiger partial charge in [0.15, 0.2) is 0 Å². The van der Waals surface area contributed by atoms with Crippen LogP contribution in [0.4, 0.5) is 14.5 Å². The molecule has 1 saturated carbocycles. The molecule has 0 radical (unpaired) electrons. The molecule has 5 N–H and O–H groups in total. The maximum atomic E-state index is 14.9. The lowest BCUT2D eigenvalue weighted by Gasteiger charge is -2.60. The van der Waals surface area contributed by atoms with E-state index in [1.54, 1.807) is 13.0 Å². The molecule has 0 saturated heterocycles. The third kappa shape index (κ3) is 3.83. The molecule has 1 fully saturated rings. The number of carbonyl (C=O) groups is 1. The van der Waals surface area contributed by atoms with Gasteiger partial charge in [-0.1, -0.05) is 0 Å². The number of hydrogen-bond donors (Lipinski definition) is 4. The molecule has 1 spiro atoms. The van der Waals surface area contributed by atoms with Crippen molar-refractivity contribution < 1.29 is 27.4 Å². The SMILES string of the molecule is COc1cnc(C(=O)Nc2ccc(F)c([C@]3(C)CS(O)(O)C4(CC(F)C4)C(N)=N3)c2)c(C)c1. The molecular formula is C22H26F2N4O4S. The lowest BCUT2D eigenvalue weighted by Crippen LogP contribution is -2.62. The molecule has 2 aromatic rings. The zero-order valence-corrected chi connectivity index (χ0v) is 19.2. The van der Waals surface area contributed by atoms with Crippen molar-refractivity contribution in [2.45, 2.75) is 43.1 Å². The Bertz CT molecular complexity index is 1150. The second-order valence-corrected chi connectivity index (χ2v) is 11.2. The van der Waals surface area contributed by atoms with Crippen LogP contribution in [0.1, 0.15) is 41.4 Å². The molecule has 1 aromatic heterocycles. The van der Waals surface area contributed by atoms with Gasteiger partial charge in [0, 0.05) is 24.1 Å². The fourth-order valence-electron chi connectivity index (χ4n) is 4.47. The summed E-state index contributed by atoms with van der Waals surface area (Å²) in [7, 11) is -1.91. The number of alkyl halides is 1. The molecule has 8 nitrogen and oxygen atoms in total. The smallest absolute Gasteiger partial charge is 0.274 e. The first kappa shape index (κ1) is 23.4. The van der Waals surface area contributed by atoms with E-state index in [1.807, 2.05) is 0 Å². The number of rotatable bonds is 4. The van der Waals surface area contributed by atoms with Gasteiger partial charge in [-0.3, -0.25) is 18.9 Å². The third-order valence-corrected chi connectivity index (χ3v) is 9.11. The second-order valence-electron chi connectivity index (χ2n) is 8.77. The lowest BCUT2D eigenvalue weighted by atomic mass is 9.80. The van der Waals surface area contributed by atoms with Crippen LogP contribution in [0.25, 0.3) is 0 Å². The first-order valence-electron chi connectivity index (χ1n) is 10.3. The molecule has 0 bridgehead atoms. The highest BCUT2D eigenvalue weighted by Gasteiger charge is 2.61. The van der Waals surface area contributed by atoms with E-state index in [1.165, 1.54) is 32.4 Å². The number of amidine groups is 1. The van der Waals surface area contributed by atoms with Crippen molar-refractivity contribution in [1.29, 1.82) is 0 Å². The van der Waals surface area contributed by atoms with Crippen LogP contribution >= 0.6 is 10.6 Å². The number of aryl methyl sites for hydroxylation is 1. The summed E-state index contributed by atoms with van der Waals surface area (Å²) in [5, 5.41) is 2.68. The highest BCUT2D eigenvalue weighted by atomic mass is 32.3. The highest BCUT2D eigenvalue weighted by Crippen LogP contribution is 2.67. The summed E-state index contributed by atoms with van der Waals surface area (Å²) in [6, 6.07) is 5.60. The van der Waals surface area contributed by atoms with Crippen molar-refractivity contribution in [2.75, 3.05) is 18.2 Å². The summed E-state index contributed by atoms with van der Waals surface area (Å²) in [5.74, 6) is -1.03. The zero-order chi connectivity index (χ0) is 24.2. The Balaban J connectivity index is 1.65. The Morgan fingerprint density at radius 1 is 1.33 bits per heavy atom. The minimum absolute atomic E-state index is 0.0357. The van der Waals surface area contributed by atoms with Gasteiger partial charge in [0.1, 0.15) is 39.6 Å². The van der Waals surface area contributed by atoms with Crippen molar-refractivity contribution in [3.05, 3.63) is 53.1 Å². The number of benzene rings is 1. The van der Waals surface area contributed by atoms with E-state index in [4.69, 9.17) is 10.5 Å². The Labute approximate surface area is 191 Å². The largest absolute Gasteiger partial charge is 0.495 e. The zero-order valence-electron chi connectivity index (χ0n) is 18.4. The predicted octanol–water partition coefficient (Wildman–Crippen LogP) is 4.00. The Morgan fingerprint density at radius 2 is 2.03 bits per heavy atom. The quantitative estimate of drug-likeness (QED) is 0.523. The Morgan fingerprint density at radius 3 is 2.61 bits per heavy atom. The Hall–Kier alpha value is -2.76. The molecule has 1 aliphatic carbocycles. The topological polar surface area (TPSA) is 130 Å². The lowest BCUT2D eigenvalue weighted by molar-refractivity contribution is 0.102. The molecule has 1 atom stereocenters. The summed E-state index contributed by atoms with van der Waals surface area (Å²) in [5.41, 5.74) is 5.75. The number of anilines is 1. The molecule has 2 aliphatic rings. The number of halogens is 2. The van der Waals surface area contributed by atoms with Crippen molar-refractivity contribution in [3.8, 4) is 5.75 Å². The monoisotopic (exact) mass is 480 g/mol. The number of aliphatic imine (C=N–C) groups is 1. The van der Waals surface area contributed by atoms with E-state index in [-0.39, 0.29) is 41.4 Å². The highest BCUT2D eigenvalue weighted by molar-refractivity contribution is 8.26. The Kier molecular flexibility index (Phi) is 5.62. The number of carbonyl (C=O) groups excluding carboxylic acids is 1. The fourth-order valence-corrected chi connectivity index (χ4v) is 7.03. The first-order valence-corrected chi connectivity index (χ1v) is 12.0. The molecule has 11 heteroatoms. The van der Waals surface area contributed by atoms with Gasteiger partial charge >= 0.3 is 0 Å². The van der Waals surface area contributed by atoms with E-state index >= 15 is 0 Å². The number of amides is 1. The van der Waals surface area contributed by atoms with Gasteiger partial charge in [-0.15, -0.1) is 0 Å². The first-order chi connectivity index (χ1) is 15.4. The minimum atomic E-state index is -3.40. The number of ether oxygens (including phenoxy) is 1. The maximum absolute atomic E-state index is 14.9. The van der Waals surface area contributed by atoms with Gasteiger partial charge in [0.05, 0.1) is 19.1 Å². The van der Waals surface area contributed by atoms with Crippen molar-refractivity contribution in [2.24, 2.45) is 10.7 Å². The summed E-state index contributed by atoms with van der Waals surface area (Å²) in [6.45, 7) is 3.25. The summed E-state index contributed by atoms with van der Waals surface area (Å²) < 4.78 is 54.0. The van der Waals surface area contributed by atoms with Gasteiger partial charge in [0.2, 0.25) is 0 Å². The molecule has 33 heavy (non-hydrogen) atoms. The van der Waals surface area contributed by atoms with E-state index < -0.39 is 38.8 Å². The molecule has 178 valence electrons. The normalized spacial score (nSPS) is 29.1. The molecule has 0 unspecified atom stereocenters. The maximum Gasteiger partial charge on any atom is 0.274 e. The summed E-state index contributed by atoms with van der Waals surface area (Å²) in [4.78, 5) is 21.3. The van der Waals surface area contributed by atoms with Crippen molar-refractivity contribution >= 4 is 28.0 Å². The standard InChI is InChI=1S/C22H26F2N4O4S/c1-12-6-15(32-3)10-26-18(12)19(29)27-14-4-5-17(24)16(7-14)21(2)11-33(30,31)22(20(25)28-21)8-13(23)9-22/h4-7,10,13,30-31H,8-9,11H2,1-3H3,(H2,25,28)(H,27,29)/t13?,21-,22?/m0/s1. The predicted molar refractivity (Wildman–Crippen MR) is 123 cm³/mol. The van der Waals surface area contributed by atoms with Crippen LogP contribution in [0, 0.1) is 12.7 Å². The molecule has 1 aromatic carbocycles. The van der Waals surface area contributed by atoms with Gasteiger partial charge < -0.3 is 15.8 Å². The van der Waals surface area contributed by atoms with E-state index in [0.29, 0.717) is 11.3 Å². The van der Waals surface area contributed by atoms with Crippen LogP contribution in [0.5, 0.6) is 5.75 Å². The number of nitrogens with one attached hydrogen (secondary N) is 1. The van der Waals surface area contributed by atoms with Gasteiger partial charge in [0.25, 0.3) is 5.91 Å². The number of nitrogens with two attached hydrogens (primary N) is 1. The number of nitrogens with zero attached hydrogens (tertiary/aromatic N) is 2. The molecule has 4 rings (SSSR count). The number of hydrogen-bond acceptors (Lipinski definition) is 7. The van der Waals surface area contributed by atoms with E-state index in [2.05, 4.69) is 15.3 Å². The average molecular weight is 481 g/mol. The summed E-state index contributed by atoms with van der Waals surface area (Å²) >= 11 is 0. The third-order valence-electron chi connectivity index (χ3n) is 6.35. The number of methoxy groups -OCH3 is 1.